The molecule has 2 heterocycles. The molecular formula is C31H40N2O5. The van der Waals surface area contributed by atoms with E-state index in [1.165, 1.54) is 25.7 Å². The largest absolute Gasteiger partial charge is 0.493 e. The zero-order valence-electron chi connectivity index (χ0n) is 23.3. The maximum atomic E-state index is 14.2. The lowest BCUT2D eigenvalue weighted by Gasteiger charge is -2.40. The summed E-state index contributed by atoms with van der Waals surface area (Å²) in [6.07, 6.45) is 8.05. The van der Waals surface area contributed by atoms with E-state index in [0.29, 0.717) is 48.0 Å². The first-order valence-corrected chi connectivity index (χ1v) is 13.8. The average Bonchev–Trinajstić information content (AvgIpc) is 3.44. The SMILES string of the molecule is C/C=C(/CN(C[C@@H]1CCCN1C1CCC1)C(=O)c1cc(OC)c2c(c1)OC(C)(C)O2)Oc1ccccc1C. The van der Waals surface area contributed by atoms with Gasteiger partial charge < -0.3 is 23.8 Å². The molecule has 2 fully saturated rings. The molecule has 1 saturated carbocycles. The average molecular weight is 521 g/mol. The van der Waals surface area contributed by atoms with E-state index in [9.17, 15) is 4.79 Å². The minimum atomic E-state index is -0.816. The number of likely N-dealkylation sites (tertiary alicyclic amines) is 1. The summed E-state index contributed by atoms with van der Waals surface area (Å²) in [6, 6.07) is 12.5. The molecule has 2 aromatic carbocycles. The van der Waals surface area contributed by atoms with Crippen LogP contribution in [0.3, 0.4) is 0 Å². The topological polar surface area (TPSA) is 60.5 Å². The van der Waals surface area contributed by atoms with Gasteiger partial charge >= 0.3 is 0 Å². The quantitative estimate of drug-likeness (QED) is 0.381. The first-order chi connectivity index (χ1) is 18.3. The van der Waals surface area contributed by atoms with Gasteiger partial charge in [-0.15, -0.1) is 0 Å². The van der Waals surface area contributed by atoms with Crippen molar-refractivity contribution in [2.45, 2.75) is 77.7 Å². The van der Waals surface area contributed by atoms with Crippen LogP contribution in [0.4, 0.5) is 0 Å². The molecule has 7 nitrogen and oxygen atoms in total. The van der Waals surface area contributed by atoms with E-state index in [-0.39, 0.29) is 5.91 Å². The van der Waals surface area contributed by atoms with Gasteiger partial charge in [-0.3, -0.25) is 9.69 Å². The van der Waals surface area contributed by atoms with Crippen LogP contribution < -0.4 is 18.9 Å². The molecule has 0 bridgehead atoms. The smallest absolute Gasteiger partial charge is 0.254 e. The molecule has 3 aliphatic rings. The number of nitrogens with zero attached hydrogens (tertiary/aromatic N) is 2. The molecule has 1 aliphatic carbocycles. The van der Waals surface area contributed by atoms with Gasteiger partial charge in [0.05, 0.1) is 13.7 Å². The van der Waals surface area contributed by atoms with E-state index in [2.05, 4.69) is 4.90 Å². The highest BCUT2D eigenvalue weighted by Crippen LogP contribution is 2.47. The first kappa shape index (κ1) is 26.4. The van der Waals surface area contributed by atoms with Crippen molar-refractivity contribution in [2.75, 3.05) is 26.7 Å². The van der Waals surface area contributed by atoms with Crippen LogP contribution in [0.2, 0.25) is 0 Å². The summed E-state index contributed by atoms with van der Waals surface area (Å²) in [5, 5.41) is 0. The lowest BCUT2D eigenvalue weighted by Crippen LogP contribution is -2.49. The Bertz CT molecular complexity index is 1200. The third kappa shape index (κ3) is 5.48. The van der Waals surface area contributed by atoms with Crippen LogP contribution >= 0.6 is 0 Å². The Balaban J connectivity index is 1.43. The zero-order chi connectivity index (χ0) is 26.9. The third-order valence-corrected chi connectivity index (χ3v) is 7.88. The van der Waals surface area contributed by atoms with Crippen LogP contribution in [-0.4, -0.2) is 60.3 Å². The fraction of sp³-hybridized carbons (Fsp3) is 0.516. The number of rotatable bonds is 9. The van der Waals surface area contributed by atoms with E-state index < -0.39 is 5.79 Å². The minimum Gasteiger partial charge on any atom is -0.493 e. The number of para-hydroxylation sites is 1. The number of methoxy groups -OCH3 is 1. The van der Waals surface area contributed by atoms with Crippen LogP contribution in [0.25, 0.3) is 0 Å². The first-order valence-electron chi connectivity index (χ1n) is 13.8. The molecule has 204 valence electrons. The summed E-state index contributed by atoms with van der Waals surface area (Å²) >= 11 is 0. The fourth-order valence-corrected chi connectivity index (χ4v) is 5.65. The van der Waals surface area contributed by atoms with Gasteiger partial charge in [-0.05, 0) is 75.9 Å². The van der Waals surface area contributed by atoms with E-state index in [0.717, 1.165) is 30.0 Å². The van der Waals surface area contributed by atoms with Crippen LogP contribution in [0.5, 0.6) is 23.0 Å². The number of fused-ring (bicyclic) bond motifs is 1. The van der Waals surface area contributed by atoms with Gasteiger partial charge in [0.15, 0.2) is 11.5 Å². The molecule has 0 spiro atoms. The van der Waals surface area contributed by atoms with Gasteiger partial charge in [-0.2, -0.15) is 0 Å². The van der Waals surface area contributed by atoms with Gasteiger partial charge in [-0.25, -0.2) is 0 Å². The molecule has 38 heavy (non-hydrogen) atoms. The second-order valence-corrected chi connectivity index (χ2v) is 11.0. The summed E-state index contributed by atoms with van der Waals surface area (Å²) in [7, 11) is 1.58. The molecule has 0 aromatic heterocycles. The number of amides is 1. The fourth-order valence-electron chi connectivity index (χ4n) is 5.65. The van der Waals surface area contributed by atoms with Gasteiger partial charge in [0.1, 0.15) is 11.5 Å². The highest BCUT2D eigenvalue weighted by molar-refractivity contribution is 5.96. The summed E-state index contributed by atoms with van der Waals surface area (Å²) in [5.41, 5.74) is 1.57. The maximum Gasteiger partial charge on any atom is 0.254 e. The Morgan fingerprint density at radius 2 is 1.92 bits per heavy atom. The van der Waals surface area contributed by atoms with E-state index in [1.807, 2.05) is 62.9 Å². The van der Waals surface area contributed by atoms with Crippen molar-refractivity contribution < 1.29 is 23.7 Å². The Morgan fingerprint density at radius 1 is 1.13 bits per heavy atom. The van der Waals surface area contributed by atoms with E-state index in [4.69, 9.17) is 18.9 Å². The van der Waals surface area contributed by atoms with Crippen molar-refractivity contribution >= 4 is 5.91 Å². The molecular weight excluding hydrogens is 480 g/mol. The van der Waals surface area contributed by atoms with E-state index >= 15 is 0 Å². The number of carbonyl (C=O) groups is 1. The van der Waals surface area contributed by atoms with Gasteiger partial charge in [0.2, 0.25) is 11.5 Å². The predicted molar refractivity (Wildman–Crippen MR) is 147 cm³/mol. The molecule has 1 amide bonds. The molecule has 7 heteroatoms. The van der Waals surface area contributed by atoms with E-state index in [1.54, 1.807) is 19.2 Å². The Morgan fingerprint density at radius 3 is 2.61 bits per heavy atom. The zero-order valence-corrected chi connectivity index (χ0v) is 23.3. The van der Waals surface area contributed by atoms with Crippen molar-refractivity contribution in [1.82, 2.24) is 9.80 Å². The van der Waals surface area contributed by atoms with Crippen LogP contribution in [0.15, 0.2) is 48.2 Å². The predicted octanol–water partition coefficient (Wildman–Crippen LogP) is 5.95. The number of hydrogen-bond acceptors (Lipinski definition) is 6. The van der Waals surface area contributed by atoms with Crippen LogP contribution in [0, 0.1) is 6.92 Å². The van der Waals surface area contributed by atoms with Gasteiger partial charge in [0, 0.05) is 38.0 Å². The molecule has 0 unspecified atom stereocenters. The molecule has 2 aliphatic heterocycles. The number of ether oxygens (including phenoxy) is 4. The minimum absolute atomic E-state index is 0.0763. The Kier molecular flexibility index (Phi) is 7.57. The third-order valence-electron chi connectivity index (χ3n) is 7.88. The summed E-state index contributed by atoms with van der Waals surface area (Å²) in [4.78, 5) is 18.7. The van der Waals surface area contributed by atoms with Crippen molar-refractivity contribution in [2.24, 2.45) is 0 Å². The van der Waals surface area contributed by atoms with Crippen molar-refractivity contribution in [3.05, 3.63) is 59.4 Å². The lowest BCUT2D eigenvalue weighted by atomic mass is 9.91. The molecule has 0 N–H and O–H groups in total. The Hall–Kier alpha value is -3.19. The highest BCUT2D eigenvalue weighted by atomic mass is 16.7. The van der Waals surface area contributed by atoms with Crippen molar-refractivity contribution in [3.63, 3.8) is 0 Å². The Labute approximate surface area is 226 Å². The van der Waals surface area contributed by atoms with Gasteiger partial charge in [-0.1, -0.05) is 24.6 Å². The second-order valence-electron chi connectivity index (χ2n) is 11.0. The molecule has 0 radical (unpaired) electrons. The van der Waals surface area contributed by atoms with Crippen LogP contribution in [-0.2, 0) is 0 Å². The van der Waals surface area contributed by atoms with Gasteiger partial charge in [0.25, 0.3) is 5.91 Å². The number of carbonyl (C=O) groups excluding carboxylic acids is 1. The summed E-state index contributed by atoms with van der Waals surface area (Å²) in [6.45, 7) is 9.81. The molecule has 5 rings (SSSR count). The maximum absolute atomic E-state index is 14.2. The summed E-state index contributed by atoms with van der Waals surface area (Å²) in [5.74, 6) is 2.21. The van der Waals surface area contributed by atoms with Crippen LogP contribution in [0.1, 0.15) is 68.8 Å². The van der Waals surface area contributed by atoms with Crippen molar-refractivity contribution in [3.8, 4) is 23.0 Å². The monoisotopic (exact) mass is 520 g/mol. The molecule has 2 aromatic rings. The number of aryl methyl sites for hydroxylation is 1. The number of hydrogen-bond donors (Lipinski definition) is 0. The molecule has 1 atom stereocenters. The second kappa shape index (κ2) is 10.9. The van der Waals surface area contributed by atoms with Crippen molar-refractivity contribution in [1.29, 1.82) is 0 Å². The standard InChI is InChI=1S/C31H40N2O5/c1-6-25(36-26-15-8-7-11-21(26)2)20-32(19-24-14-10-16-33(24)23-12-9-13-23)30(34)22-17-27(35-5)29-28(18-22)37-31(3,4)38-29/h6-8,11,15,17-18,23-24H,9-10,12-14,16,19-20H2,1-5H3/b25-6-/t24-/m0/s1. The number of allylic oxidation sites excluding steroid dienone is 1. The number of benzene rings is 2. The highest BCUT2D eigenvalue weighted by Gasteiger charge is 2.38. The normalized spacial score (nSPS) is 20.8. The lowest BCUT2D eigenvalue weighted by molar-refractivity contribution is -0.0439. The summed E-state index contributed by atoms with van der Waals surface area (Å²) < 4.78 is 23.8. The molecule has 1 saturated heterocycles.